The molecule has 2 rings (SSSR count). The summed E-state index contributed by atoms with van der Waals surface area (Å²) < 4.78 is 0. The van der Waals surface area contributed by atoms with Crippen molar-refractivity contribution in [2.24, 2.45) is 33.7 Å². The molecule has 0 unspecified atom stereocenters. The van der Waals surface area contributed by atoms with Crippen molar-refractivity contribution in [1.82, 2.24) is 31.9 Å². The van der Waals surface area contributed by atoms with Gasteiger partial charge in [0.1, 0.15) is 42.3 Å². The number of aliphatic hydroxyl groups excluding tert-OH is 1. The van der Waals surface area contributed by atoms with Crippen molar-refractivity contribution in [2.75, 3.05) is 25.2 Å². The molecule has 64 heavy (non-hydrogen) atoms. The second-order valence-corrected chi connectivity index (χ2v) is 15.4. The van der Waals surface area contributed by atoms with Gasteiger partial charge in [-0.25, -0.2) is 0 Å². The summed E-state index contributed by atoms with van der Waals surface area (Å²) in [4.78, 5) is 121. The third kappa shape index (κ3) is 19.9. The first-order chi connectivity index (χ1) is 30.3. The quantitative estimate of drug-likeness (QED) is 0.0207. The minimum absolute atomic E-state index is 0.0146. The summed E-state index contributed by atoms with van der Waals surface area (Å²) in [6, 6.07) is 6.69. The SMILES string of the molecule is CSCC[C@H](NC(=O)[C@H](Cc1ccccc1)NC(=O)[C@H](CC(N)=O)NC(=O)[C@H](CC(=O)O)NC(=O)[C@@H](N)CO)C(=O)N[C@@H](CCCN=C(N)N)C(=O)N[C@@H](Cc1ccccc1)C(N)=O. The topological polar surface area (TPSA) is 409 Å². The van der Waals surface area contributed by atoms with Crippen LogP contribution in [0.3, 0.4) is 0 Å². The van der Waals surface area contributed by atoms with Gasteiger partial charge in [0.25, 0.3) is 0 Å². The zero-order valence-electron chi connectivity index (χ0n) is 35.2. The molecule has 0 heterocycles. The lowest BCUT2D eigenvalue weighted by atomic mass is 10.0. The van der Waals surface area contributed by atoms with E-state index in [-0.39, 0.29) is 44.6 Å². The minimum Gasteiger partial charge on any atom is -0.481 e. The fourth-order valence-electron chi connectivity index (χ4n) is 5.93. The van der Waals surface area contributed by atoms with Crippen LogP contribution in [-0.4, -0.2) is 137 Å². The number of nitrogens with zero attached hydrogens (tertiary/aromatic N) is 1. The first-order valence-electron chi connectivity index (χ1n) is 19.9. The molecule has 0 aliphatic carbocycles. The molecule has 350 valence electrons. The van der Waals surface area contributed by atoms with Crippen LogP contribution in [0.2, 0.25) is 0 Å². The number of hydrogen-bond donors (Lipinski definition) is 13. The third-order valence-electron chi connectivity index (χ3n) is 9.26. The maximum Gasteiger partial charge on any atom is 0.305 e. The number of nitrogens with one attached hydrogen (secondary N) is 6. The Morgan fingerprint density at radius 3 is 1.48 bits per heavy atom. The van der Waals surface area contributed by atoms with E-state index in [1.165, 1.54) is 11.8 Å². The molecule has 24 heteroatoms. The number of aliphatic imine (C=N–C) groups is 1. The molecule has 0 aliphatic heterocycles. The van der Waals surface area contributed by atoms with Crippen molar-refractivity contribution in [1.29, 1.82) is 0 Å². The zero-order valence-corrected chi connectivity index (χ0v) is 36.0. The fourth-order valence-corrected chi connectivity index (χ4v) is 6.40. The van der Waals surface area contributed by atoms with E-state index in [0.717, 1.165) is 0 Å². The molecule has 7 atom stereocenters. The summed E-state index contributed by atoms with van der Waals surface area (Å²) in [6.45, 7) is -0.753. The number of guanidine groups is 1. The third-order valence-corrected chi connectivity index (χ3v) is 9.91. The standard InChI is InChI=1S/C40H58N12O11S/c1-64-16-14-26(36(60)47-25(13-8-15-46-40(44)45)35(59)49-27(33(43)57)17-22-9-4-2-5-10-22)48-37(61)28(18-23-11-6-3-7-12-23)51-38(62)29(19-31(42)54)52-39(63)30(20-32(55)56)50-34(58)24(41)21-53/h2-7,9-12,24-30,53H,8,13-21,41H2,1H3,(H2,42,54)(H2,43,57)(H,47,60)(H,48,61)(H,49,59)(H,50,58)(H,51,62)(H,52,63)(H,55,56)(H4,44,45,46)/t24-,25-,26-,27-,28-,29-,30-/m0/s1. The molecule has 23 nitrogen and oxygen atoms in total. The fraction of sp³-hybridized carbons (Fsp3) is 0.450. The number of carboxylic acids is 1. The second kappa shape index (κ2) is 28.0. The summed E-state index contributed by atoms with van der Waals surface area (Å²) >= 11 is 1.34. The minimum atomic E-state index is -1.83. The maximum atomic E-state index is 14.2. The maximum absolute atomic E-state index is 14.2. The normalized spacial score (nSPS) is 14.0. The summed E-state index contributed by atoms with van der Waals surface area (Å²) in [5.74, 6) is -9.23. The van der Waals surface area contributed by atoms with Crippen molar-refractivity contribution in [3.63, 3.8) is 0 Å². The van der Waals surface area contributed by atoms with E-state index in [2.05, 4.69) is 36.9 Å². The zero-order chi connectivity index (χ0) is 47.8. The van der Waals surface area contributed by atoms with Crippen LogP contribution in [0, 0.1) is 0 Å². The predicted octanol–water partition coefficient (Wildman–Crippen LogP) is -4.66. The van der Waals surface area contributed by atoms with Gasteiger partial charge in [-0.3, -0.25) is 48.1 Å². The Labute approximate surface area is 373 Å². The lowest BCUT2D eigenvalue weighted by Crippen LogP contribution is -2.61. The first-order valence-corrected chi connectivity index (χ1v) is 21.3. The Hall–Kier alpha value is -6.79. The number of thioether (sulfide) groups is 1. The van der Waals surface area contributed by atoms with Crippen LogP contribution >= 0.6 is 11.8 Å². The number of nitrogens with two attached hydrogens (primary N) is 5. The lowest BCUT2D eigenvalue weighted by molar-refractivity contribution is -0.141. The molecule has 2 aromatic rings. The van der Waals surface area contributed by atoms with Crippen LogP contribution in [0.15, 0.2) is 65.7 Å². The van der Waals surface area contributed by atoms with Crippen LogP contribution in [0.4, 0.5) is 0 Å². The number of benzene rings is 2. The average molecular weight is 915 g/mol. The second-order valence-electron chi connectivity index (χ2n) is 14.4. The molecular weight excluding hydrogens is 857 g/mol. The van der Waals surface area contributed by atoms with Crippen LogP contribution in [0.1, 0.15) is 43.2 Å². The molecule has 0 saturated carbocycles. The summed E-state index contributed by atoms with van der Waals surface area (Å²) in [5, 5.41) is 33.2. The van der Waals surface area contributed by atoms with E-state index in [0.29, 0.717) is 16.9 Å². The molecule has 8 amide bonds. The summed E-state index contributed by atoms with van der Waals surface area (Å²) in [5.41, 5.74) is 28.6. The number of hydrogen-bond acceptors (Lipinski definition) is 13. The van der Waals surface area contributed by atoms with Crippen LogP contribution in [-0.2, 0) is 56.0 Å². The smallest absolute Gasteiger partial charge is 0.305 e. The Morgan fingerprint density at radius 1 is 0.594 bits per heavy atom. The average Bonchev–Trinajstić information content (AvgIpc) is 3.24. The number of aliphatic hydroxyl groups is 1. The van der Waals surface area contributed by atoms with Gasteiger partial charge in [0.2, 0.25) is 47.3 Å². The van der Waals surface area contributed by atoms with Crippen molar-refractivity contribution >= 4 is 70.9 Å². The molecule has 0 saturated heterocycles. The number of aliphatic carboxylic acids is 1. The number of rotatable bonds is 29. The molecule has 0 aromatic heterocycles. The number of carboxylic acid groups (broad SMARTS) is 1. The summed E-state index contributed by atoms with van der Waals surface area (Å²) in [7, 11) is 0. The Morgan fingerprint density at radius 2 is 1.02 bits per heavy atom. The highest BCUT2D eigenvalue weighted by molar-refractivity contribution is 7.98. The Kier molecular flexibility index (Phi) is 23.3. The van der Waals surface area contributed by atoms with Gasteiger partial charge >= 0.3 is 5.97 Å². The van der Waals surface area contributed by atoms with Gasteiger partial charge in [0, 0.05) is 19.4 Å². The van der Waals surface area contributed by atoms with E-state index < -0.39 is 115 Å². The van der Waals surface area contributed by atoms with Crippen LogP contribution in [0.5, 0.6) is 0 Å². The van der Waals surface area contributed by atoms with Crippen molar-refractivity contribution in [3.8, 4) is 0 Å². The van der Waals surface area contributed by atoms with E-state index in [9.17, 15) is 53.4 Å². The number of amides is 8. The number of carbonyl (C=O) groups is 9. The van der Waals surface area contributed by atoms with Crippen LogP contribution in [0.25, 0.3) is 0 Å². The van der Waals surface area contributed by atoms with Gasteiger partial charge < -0.3 is 70.8 Å². The van der Waals surface area contributed by atoms with Gasteiger partial charge in [-0.05, 0) is 42.4 Å². The highest BCUT2D eigenvalue weighted by atomic mass is 32.2. The molecule has 0 spiro atoms. The summed E-state index contributed by atoms with van der Waals surface area (Å²) in [6.07, 6.45) is 0.0146. The van der Waals surface area contributed by atoms with E-state index >= 15 is 0 Å². The van der Waals surface area contributed by atoms with E-state index in [1.54, 1.807) is 66.9 Å². The molecule has 18 N–H and O–H groups in total. The highest BCUT2D eigenvalue weighted by Crippen LogP contribution is 2.10. The van der Waals surface area contributed by atoms with Crippen LogP contribution < -0.4 is 60.6 Å². The van der Waals surface area contributed by atoms with Crippen molar-refractivity contribution in [2.45, 2.75) is 87.2 Å². The highest BCUT2D eigenvalue weighted by Gasteiger charge is 2.34. The molecule has 0 fully saturated rings. The molecule has 0 aliphatic rings. The molecule has 0 radical (unpaired) electrons. The number of primary amides is 2. The molecule has 2 aromatic carbocycles. The van der Waals surface area contributed by atoms with Gasteiger partial charge in [0.05, 0.1) is 19.4 Å². The van der Waals surface area contributed by atoms with E-state index in [4.69, 9.17) is 28.7 Å². The van der Waals surface area contributed by atoms with Crippen molar-refractivity contribution < 1.29 is 53.4 Å². The first kappa shape index (κ1) is 53.3. The molecule has 0 bridgehead atoms. The van der Waals surface area contributed by atoms with Gasteiger partial charge in [0.15, 0.2) is 5.96 Å². The lowest BCUT2D eigenvalue weighted by Gasteiger charge is -2.27. The largest absolute Gasteiger partial charge is 0.481 e. The van der Waals surface area contributed by atoms with Gasteiger partial charge in [-0.1, -0.05) is 60.7 Å². The Balaban J connectivity index is 2.43. The monoisotopic (exact) mass is 914 g/mol. The van der Waals surface area contributed by atoms with Gasteiger partial charge in [-0.15, -0.1) is 0 Å². The van der Waals surface area contributed by atoms with E-state index in [1.807, 2.05) is 0 Å². The predicted molar refractivity (Wildman–Crippen MR) is 235 cm³/mol. The molecular formula is C40H58N12O11S. The van der Waals surface area contributed by atoms with Gasteiger partial charge in [-0.2, -0.15) is 11.8 Å². The number of carbonyl (C=O) groups excluding carboxylic acids is 8. The van der Waals surface area contributed by atoms with Crippen molar-refractivity contribution in [3.05, 3.63) is 71.8 Å². The Bertz CT molecular complexity index is 1940.